The zero-order valence-electron chi connectivity index (χ0n) is 14.7. The van der Waals surface area contributed by atoms with Crippen molar-refractivity contribution in [1.82, 2.24) is 15.8 Å². The first-order chi connectivity index (χ1) is 13.1. The zero-order valence-corrected chi connectivity index (χ0v) is 14.7. The van der Waals surface area contributed by atoms with E-state index in [2.05, 4.69) is 10.9 Å². The number of aliphatic hydroxyl groups is 1. The van der Waals surface area contributed by atoms with Gasteiger partial charge in [0.25, 0.3) is 0 Å². The van der Waals surface area contributed by atoms with Gasteiger partial charge >= 0.3 is 0 Å². The summed E-state index contributed by atoms with van der Waals surface area (Å²) in [5.74, 6) is 0.0930. The predicted octanol–water partition coefficient (Wildman–Crippen LogP) is 1.20. The number of likely N-dealkylation sites (tertiary alicyclic amines) is 1. The lowest BCUT2D eigenvalue weighted by atomic mass is 9.83. The molecule has 4 atom stereocenters. The first kappa shape index (κ1) is 17.8. The summed E-state index contributed by atoms with van der Waals surface area (Å²) in [5.41, 5.74) is 7.81. The summed E-state index contributed by atoms with van der Waals surface area (Å²) in [6.45, 7) is 0.429. The van der Waals surface area contributed by atoms with Gasteiger partial charge in [0.05, 0.1) is 12.1 Å². The Morgan fingerprint density at radius 1 is 1.00 bits per heavy atom. The number of nitrogens with zero attached hydrogens (tertiary/aromatic N) is 1. The average molecular weight is 369 g/mol. The summed E-state index contributed by atoms with van der Waals surface area (Å²) in [5, 5.41) is 29.5. The molecule has 2 aliphatic rings. The second-order valence-electron chi connectivity index (χ2n) is 7.03. The third kappa shape index (κ3) is 3.03. The third-order valence-electron chi connectivity index (χ3n) is 5.45. The van der Waals surface area contributed by atoms with E-state index in [4.69, 9.17) is 0 Å². The molecule has 0 aliphatic carbocycles. The van der Waals surface area contributed by atoms with Gasteiger partial charge in [-0.1, -0.05) is 30.3 Å². The van der Waals surface area contributed by atoms with Gasteiger partial charge in [0.1, 0.15) is 17.5 Å². The number of benzene rings is 2. The number of aromatic hydroxyl groups is 2. The van der Waals surface area contributed by atoms with E-state index < -0.39 is 6.04 Å². The van der Waals surface area contributed by atoms with Crippen LogP contribution in [0.5, 0.6) is 11.5 Å². The van der Waals surface area contributed by atoms with Gasteiger partial charge in [-0.05, 0) is 30.2 Å². The number of carbonyl (C=O) groups excluding carboxylic acids is 1. The Morgan fingerprint density at radius 2 is 1.78 bits per heavy atom. The molecule has 142 valence electrons. The van der Waals surface area contributed by atoms with E-state index in [0.29, 0.717) is 13.0 Å². The van der Waals surface area contributed by atoms with Crippen LogP contribution in [0, 0.1) is 5.92 Å². The molecule has 2 aromatic carbocycles. The van der Waals surface area contributed by atoms with Gasteiger partial charge < -0.3 is 20.2 Å². The van der Waals surface area contributed by atoms with E-state index in [1.165, 1.54) is 0 Å². The van der Waals surface area contributed by atoms with Crippen molar-refractivity contribution in [3.05, 3.63) is 59.7 Å². The Bertz CT molecular complexity index is 843. The van der Waals surface area contributed by atoms with Crippen molar-refractivity contribution in [3.63, 3.8) is 0 Å². The standard InChI is InChI=1S/C20H23N3O4/c24-10-4-9-23-19(12-5-3-6-13(25)11-12)16-17(21-22-18(16)20(23)27)14-7-1-2-8-15(14)26/h1-3,5-8,11,16-19,21-22,24-26H,4,9-10H2. The topological polar surface area (TPSA) is 105 Å². The molecule has 2 aliphatic heterocycles. The first-order valence-corrected chi connectivity index (χ1v) is 9.11. The maximum atomic E-state index is 13.0. The molecule has 0 spiro atoms. The van der Waals surface area contributed by atoms with Crippen LogP contribution in [0.2, 0.25) is 0 Å². The monoisotopic (exact) mass is 369 g/mol. The van der Waals surface area contributed by atoms with Crippen molar-refractivity contribution in [1.29, 1.82) is 0 Å². The van der Waals surface area contributed by atoms with Gasteiger partial charge in [0.15, 0.2) is 0 Å². The Labute approximate surface area is 157 Å². The van der Waals surface area contributed by atoms with Crippen LogP contribution in [-0.4, -0.2) is 45.3 Å². The van der Waals surface area contributed by atoms with E-state index in [9.17, 15) is 20.1 Å². The van der Waals surface area contributed by atoms with Crippen molar-refractivity contribution in [2.75, 3.05) is 13.2 Å². The quantitative estimate of drug-likeness (QED) is 0.542. The molecule has 4 rings (SSSR count). The highest BCUT2D eigenvalue weighted by atomic mass is 16.3. The van der Waals surface area contributed by atoms with Crippen LogP contribution >= 0.6 is 0 Å². The van der Waals surface area contributed by atoms with E-state index in [0.717, 1.165) is 11.1 Å². The summed E-state index contributed by atoms with van der Waals surface area (Å²) in [7, 11) is 0. The number of fused-ring (bicyclic) bond motifs is 1. The Morgan fingerprint density at radius 3 is 2.52 bits per heavy atom. The van der Waals surface area contributed by atoms with E-state index in [1.807, 2.05) is 18.2 Å². The maximum absolute atomic E-state index is 13.0. The molecule has 5 N–H and O–H groups in total. The van der Waals surface area contributed by atoms with E-state index in [1.54, 1.807) is 35.2 Å². The van der Waals surface area contributed by atoms with Crippen molar-refractivity contribution in [3.8, 4) is 11.5 Å². The summed E-state index contributed by atoms with van der Waals surface area (Å²) >= 11 is 0. The van der Waals surface area contributed by atoms with Gasteiger partial charge in [0.2, 0.25) is 5.91 Å². The maximum Gasteiger partial charge on any atom is 0.242 e. The number of hydrogen-bond acceptors (Lipinski definition) is 6. The number of carbonyl (C=O) groups is 1. The van der Waals surface area contributed by atoms with Crippen LogP contribution in [0.25, 0.3) is 0 Å². The minimum absolute atomic E-state index is 0.000450. The fourth-order valence-electron chi connectivity index (χ4n) is 4.32. The lowest BCUT2D eigenvalue weighted by molar-refractivity contribution is -0.130. The van der Waals surface area contributed by atoms with Crippen LogP contribution in [0.15, 0.2) is 48.5 Å². The number of phenols is 2. The highest BCUT2D eigenvalue weighted by Crippen LogP contribution is 2.48. The van der Waals surface area contributed by atoms with Crippen LogP contribution in [-0.2, 0) is 4.79 Å². The fourth-order valence-corrected chi connectivity index (χ4v) is 4.32. The molecule has 2 saturated heterocycles. The minimum atomic E-state index is -0.444. The van der Waals surface area contributed by atoms with E-state index >= 15 is 0 Å². The van der Waals surface area contributed by atoms with Crippen molar-refractivity contribution >= 4 is 5.91 Å². The van der Waals surface area contributed by atoms with Crippen molar-refractivity contribution in [2.24, 2.45) is 5.92 Å². The van der Waals surface area contributed by atoms with Crippen LogP contribution in [0.4, 0.5) is 0 Å². The molecular weight excluding hydrogens is 346 g/mol. The molecule has 0 bridgehead atoms. The van der Waals surface area contributed by atoms with Crippen molar-refractivity contribution in [2.45, 2.75) is 24.5 Å². The summed E-state index contributed by atoms with van der Waals surface area (Å²) < 4.78 is 0. The first-order valence-electron chi connectivity index (χ1n) is 9.11. The largest absolute Gasteiger partial charge is 0.508 e. The van der Waals surface area contributed by atoms with Gasteiger partial charge in [-0.2, -0.15) is 0 Å². The number of phenolic OH excluding ortho intramolecular Hbond substituents is 2. The number of rotatable bonds is 5. The molecule has 7 heteroatoms. The van der Waals surface area contributed by atoms with Gasteiger partial charge in [0, 0.05) is 24.6 Å². The molecule has 0 aromatic heterocycles. The van der Waals surface area contributed by atoms with Crippen LogP contribution < -0.4 is 10.9 Å². The molecule has 0 saturated carbocycles. The highest BCUT2D eigenvalue weighted by Gasteiger charge is 2.55. The number of hydrazine groups is 1. The molecule has 2 fully saturated rings. The number of nitrogens with one attached hydrogen (secondary N) is 2. The highest BCUT2D eigenvalue weighted by molar-refractivity contribution is 5.86. The van der Waals surface area contributed by atoms with Gasteiger partial charge in [-0.3, -0.25) is 4.79 Å². The second-order valence-corrected chi connectivity index (χ2v) is 7.03. The molecule has 7 nitrogen and oxygen atoms in total. The minimum Gasteiger partial charge on any atom is -0.508 e. The average Bonchev–Trinajstić information content (AvgIpc) is 3.20. The van der Waals surface area contributed by atoms with E-state index in [-0.39, 0.29) is 42.0 Å². The number of aliphatic hydroxyl groups excluding tert-OH is 1. The summed E-state index contributed by atoms with van der Waals surface area (Å²) in [4.78, 5) is 14.8. The number of amides is 1. The molecular formula is C20H23N3O4. The predicted molar refractivity (Wildman–Crippen MR) is 98.7 cm³/mol. The molecule has 0 radical (unpaired) electrons. The molecule has 4 unspecified atom stereocenters. The lowest BCUT2D eigenvalue weighted by Gasteiger charge is -2.31. The van der Waals surface area contributed by atoms with Crippen LogP contribution in [0.1, 0.15) is 29.6 Å². The Hall–Kier alpha value is -2.61. The zero-order chi connectivity index (χ0) is 19.0. The summed E-state index contributed by atoms with van der Waals surface area (Å²) in [6, 6.07) is 13.0. The molecule has 2 heterocycles. The summed E-state index contributed by atoms with van der Waals surface area (Å²) in [6.07, 6.45) is 0.481. The van der Waals surface area contributed by atoms with Crippen LogP contribution in [0.3, 0.4) is 0 Å². The molecule has 1 amide bonds. The Balaban J connectivity index is 1.77. The lowest BCUT2D eigenvalue weighted by Crippen LogP contribution is -2.41. The SMILES string of the molecule is O=C1C2NNC(c3ccccc3O)C2C(c2cccc(O)c2)N1CCCO. The number of hydrogen-bond donors (Lipinski definition) is 5. The van der Waals surface area contributed by atoms with Crippen molar-refractivity contribution < 1.29 is 20.1 Å². The normalized spacial score (nSPS) is 27.1. The smallest absolute Gasteiger partial charge is 0.242 e. The second kappa shape index (κ2) is 7.19. The fraction of sp³-hybridized carbons (Fsp3) is 0.350. The Kier molecular flexibility index (Phi) is 4.73. The molecule has 2 aromatic rings. The number of para-hydroxylation sites is 1. The molecule has 27 heavy (non-hydrogen) atoms. The van der Waals surface area contributed by atoms with Gasteiger partial charge in [-0.25, -0.2) is 10.9 Å². The third-order valence-corrected chi connectivity index (χ3v) is 5.45. The van der Waals surface area contributed by atoms with Gasteiger partial charge in [-0.15, -0.1) is 0 Å².